The molecule has 0 N–H and O–H groups in total. The van der Waals surface area contributed by atoms with Crippen LogP contribution in [0, 0.1) is 0 Å². The number of para-hydroxylation sites is 1. The third kappa shape index (κ3) is 6.60. The zero-order valence-electron chi connectivity index (χ0n) is 18.1. The molecule has 1 saturated heterocycles. The third-order valence-corrected chi connectivity index (χ3v) is 5.20. The Bertz CT molecular complexity index is 758. The summed E-state index contributed by atoms with van der Waals surface area (Å²) in [4.78, 5) is 14.0. The monoisotopic (exact) mass is 507 g/mol. The van der Waals surface area contributed by atoms with E-state index in [0.29, 0.717) is 6.54 Å². The minimum atomic E-state index is 0. The van der Waals surface area contributed by atoms with Gasteiger partial charge in [-0.05, 0) is 23.3 Å². The predicted octanol–water partition coefficient (Wildman–Crippen LogP) is 3.61. The van der Waals surface area contributed by atoms with E-state index in [1.54, 1.807) is 0 Å². The Morgan fingerprint density at radius 1 is 0.793 bits per heavy atom. The number of benzene rings is 2. The predicted molar refractivity (Wildman–Crippen MR) is 134 cm³/mol. The van der Waals surface area contributed by atoms with Crippen LogP contribution in [0.3, 0.4) is 0 Å². The molecule has 1 aliphatic rings. The Balaban J connectivity index is 0.00000300. The fraction of sp³-hybridized carbons (Fsp3) is 0.435. The van der Waals surface area contributed by atoms with Crippen molar-refractivity contribution >= 4 is 35.6 Å². The van der Waals surface area contributed by atoms with Gasteiger partial charge in [-0.2, -0.15) is 0 Å². The van der Waals surface area contributed by atoms with Crippen molar-refractivity contribution in [2.24, 2.45) is 4.99 Å². The average molecular weight is 507 g/mol. The van der Waals surface area contributed by atoms with Gasteiger partial charge in [-0.3, -0.25) is 4.90 Å². The van der Waals surface area contributed by atoms with Gasteiger partial charge in [-0.25, -0.2) is 4.99 Å². The van der Waals surface area contributed by atoms with E-state index >= 15 is 0 Å². The summed E-state index contributed by atoms with van der Waals surface area (Å²) in [5.74, 6) is 0.992. The summed E-state index contributed by atoms with van der Waals surface area (Å²) in [6, 6.07) is 19.4. The van der Waals surface area contributed by atoms with E-state index in [1.807, 2.05) is 28.2 Å². The number of nitrogens with zero attached hydrogens (tertiary/aromatic N) is 5. The summed E-state index contributed by atoms with van der Waals surface area (Å²) in [5, 5.41) is 0. The second-order valence-electron chi connectivity index (χ2n) is 7.77. The van der Waals surface area contributed by atoms with Crippen LogP contribution in [-0.4, -0.2) is 75.0 Å². The summed E-state index contributed by atoms with van der Waals surface area (Å²) < 4.78 is 0. The summed E-state index contributed by atoms with van der Waals surface area (Å²) in [7, 11) is 8.15. The highest BCUT2D eigenvalue weighted by atomic mass is 127. The van der Waals surface area contributed by atoms with Crippen molar-refractivity contribution in [2.75, 3.05) is 59.3 Å². The van der Waals surface area contributed by atoms with Gasteiger partial charge in [-0.15, -0.1) is 24.0 Å². The van der Waals surface area contributed by atoms with Gasteiger partial charge in [0.15, 0.2) is 5.96 Å². The minimum absolute atomic E-state index is 0. The molecule has 0 radical (unpaired) electrons. The lowest BCUT2D eigenvalue weighted by molar-refractivity contribution is 0.249. The van der Waals surface area contributed by atoms with Gasteiger partial charge in [0.05, 0.1) is 6.54 Å². The largest absolute Gasteiger partial charge is 0.369 e. The number of guanidine groups is 1. The maximum absolute atomic E-state index is 4.84. The first-order valence-electron chi connectivity index (χ1n) is 10.0. The molecule has 0 aromatic heterocycles. The molecule has 29 heavy (non-hydrogen) atoms. The molecule has 6 heteroatoms. The van der Waals surface area contributed by atoms with Crippen LogP contribution in [-0.2, 0) is 13.1 Å². The van der Waals surface area contributed by atoms with Crippen molar-refractivity contribution in [2.45, 2.75) is 13.1 Å². The highest BCUT2D eigenvalue weighted by Gasteiger charge is 2.18. The topological polar surface area (TPSA) is 25.3 Å². The molecule has 0 unspecified atom stereocenters. The van der Waals surface area contributed by atoms with E-state index in [4.69, 9.17) is 4.99 Å². The van der Waals surface area contributed by atoms with E-state index in [9.17, 15) is 0 Å². The first-order chi connectivity index (χ1) is 13.5. The first-order valence-corrected chi connectivity index (χ1v) is 10.0. The molecule has 3 rings (SSSR count). The molecule has 1 heterocycles. The van der Waals surface area contributed by atoms with Crippen LogP contribution in [0.25, 0.3) is 0 Å². The second kappa shape index (κ2) is 11.4. The SMILES string of the molecule is CN(C)C(=NCc1ccccc1CN1CCN(c2ccccc2)CC1)N(C)C.I. The lowest BCUT2D eigenvalue weighted by Gasteiger charge is -2.36. The summed E-state index contributed by atoms with van der Waals surface area (Å²) in [6.45, 7) is 6.05. The molecule has 1 fully saturated rings. The fourth-order valence-corrected chi connectivity index (χ4v) is 3.75. The Labute approximate surface area is 193 Å². The van der Waals surface area contributed by atoms with Gasteiger partial charge >= 0.3 is 0 Å². The van der Waals surface area contributed by atoms with Crippen LogP contribution in [0.4, 0.5) is 5.69 Å². The van der Waals surface area contributed by atoms with Crippen LogP contribution in [0.1, 0.15) is 11.1 Å². The molecule has 0 atom stereocenters. The molecule has 0 spiro atoms. The quantitative estimate of drug-likeness (QED) is 0.351. The van der Waals surface area contributed by atoms with E-state index < -0.39 is 0 Å². The number of anilines is 1. The van der Waals surface area contributed by atoms with Crippen molar-refractivity contribution in [3.8, 4) is 0 Å². The Hall–Kier alpha value is -1.80. The van der Waals surface area contributed by atoms with Crippen LogP contribution in [0.15, 0.2) is 59.6 Å². The number of hydrogen-bond acceptors (Lipinski definition) is 3. The highest BCUT2D eigenvalue weighted by molar-refractivity contribution is 14.0. The maximum atomic E-state index is 4.84. The van der Waals surface area contributed by atoms with Gasteiger partial charge in [0, 0.05) is 66.6 Å². The lowest BCUT2D eigenvalue weighted by atomic mass is 10.1. The van der Waals surface area contributed by atoms with Crippen molar-refractivity contribution in [1.82, 2.24) is 14.7 Å². The Kier molecular flexibility index (Phi) is 9.23. The molecule has 5 nitrogen and oxygen atoms in total. The van der Waals surface area contributed by atoms with Crippen molar-refractivity contribution in [3.63, 3.8) is 0 Å². The number of aliphatic imine (C=N–C) groups is 1. The number of rotatable bonds is 5. The molecule has 0 amide bonds. The van der Waals surface area contributed by atoms with Crippen LogP contribution in [0.5, 0.6) is 0 Å². The highest BCUT2D eigenvalue weighted by Crippen LogP contribution is 2.18. The molecule has 2 aromatic rings. The average Bonchev–Trinajstić information content (AvgIpc) is 2.70. The maximum Gasteiger partial charge on any atom is 0.195 e. The molecule has 2 aromatic carbocycles. The van der Waals surface area contributed by atoms with Crippen molar-refractivity contribution in [3.05, 3.63) is 65.7 Å². The molecular weight excluding hydrogens is 473 g/mol. The molecule has 1 aliphatic heterocycles. The van der Waals surface area contributed by atoms with Gasteiger partial charge in [0.2, 0.25) is 0 Å². The van der Waals surface area contributed by atoms with E-state index in [0.717, 1.165) is 38.7 Å². The van der Waals surface area contributed by atoms with Gasteiger partial charge in [0.1, 0.15) is 0 Å². The Morgan fingerprint density at radius 3 is 1.93 bits per heavy atom. The van der Waals surface area contributed by atoms with E-state index in [-0.39, 0.29) is 24.0 Å². The fourth-order valence-electron chi connectivity index (χ4n) is 3.75. The zero-order valence-corrected chi connectivity index (χ0v) is 20.4. The van der Waals surface area contributed by atoms with E-state index in [1.165, 1.54) is 16.8 Å². The molecular formula is C23H34IN5. The summed E-state index contributed by atoms with van der Waals surface area (Å²) in [5.41, 5.74) is 4.03. The van der Waals surface area contributed by atoms with Gasteiger partial charge < -0.3 is 14.7 Å². The normalized spacial score (nSPS) is 14.1. The number of halogens is 1. The molecule has 0 aliphatic carbocycles. The smallest absolute Gasteiger partial charge is 0.195 e. The van der Waals surface area contributed by atoms with Crippen molar-refractivity contribution < 1.29 is 0 Å². The van der Waals surface area contributed by atoms with E-state index in [2.05, 4.69) is 74.2 Å². The molecule has 0 bridgehead atoms. The minimum Gasteiger partial charge on any atom is -0.369 e. The van der Waals surface area contributed by atoms with Crippen LogP contribution < -0.4 is 4.90 Å². The molecule has 0 saturated carbocycles. The lowest BCUT2D eigenvalue weighted by Crippen LogP contribution is -2.46. The third-order valence-electron chi connectivity index (χ3n) is 5.20. The van der Waals surface area contributed by atoms with Gasteiger partial charge in [0.25, 0.3) is 0 Å². The zero-order chi connectivity index (χ0) is 19.9. The first kappa shape index (κ1) is 23.5. The standard InChI is InChI=1S/C23H33N5.HI/c1-25(2)23(26(3)4)24-18-20-10-8-9-11-21(20)19-27-14-16-28(17-15-27)22-12-6-5-7-13-22;/h5-13H,14-19H2,1-4H3;1H. The number of hydrogen-bond donors (Lipinski definition) is 0. The second-order valence-corrected chi connectivity index (χ2v) is 7.77. The van der Waals surface area contributed by atoms with Crippen molar-refractivity contribution in [1.29, 1.82) is 0 Å². The Morgan fingerprint density at radius 2 is 1.34 bits per heavy atom. The molecule has 158 valence electrons. The van der Waals surface area contributed by atoms with Crippen LogP contribution in [0.2, 0.25) is 0 Å². The number of piperazine rings is 1. The summed E-state index contributed by atoms with van der Waals surface area (Å²) >= 11 is 0. The van der Waals surface area contributed by atoms with Crippen LogP contribution >= 0.6 is 24.0 Å². The summed E-state index contributed by atoms with van der Waals surface area (Å²) in [6.07, 6.45) is 0. The van der Waals surface area contributed by atoms with Gasteiger partial charge in [-0.1, -0.05) is 42.5 Å².